The highest BCUT2D eigenvalue weighted by Gasteiger charge is 2.18. The summed E-state index contributed by atoms with van der Waals surface area (Å²) in [5.41, 5.74) is 0. The lowest BCUT2D eigenvalue weighted by Crippen LogP contribution is -2.45. The molecule has 0 aliphatic carbocycles. The summed E-state index contributed by atoms with van der Waals surface area (Å²) in [5.74, 6) is -0.0434. The van der Waals surface area contributed by atoms with E-state index in [0.29, 0.717) is 19.4 Å². The molecule has 1 amide bonds. The molecular formula is C74H143NO5. The molecule has 3 N–H and O–H groups in total. The number of unbranched alkanes of at least 4 members (excludes halogenated alkanes) is 56. The topological polar surface area (TPSA) is 95.9 Å². The number of ether oxygens (including phenoxy) is 1. The van der Waals surface area contributed by atoms with E-state index >= 15 is 0 Å². The van der Waals surface area contributed by atoms with Crippen LogP contribution in [0.2, 0.25) is 0 Å². The SMILES string of the molecule is CCCCCCCCCCCCCCCCCCC/C=C/C(O)C(CO)NC(=O)CCCCCCCCCCCCCCC/C=C\CCCCCCCCCCCCCCOC(=O)CCCCCCCCCCCCCCCCC. The predicted octanol–water partition coefficient (Wildman–Crippen LogP) is 23.7. The van der Waals surface area contributed by atoms with E-state index < -0.39 is 12.1 Å². The highest BCUT2D eigenvalue weighted by atomic mass is 16.5. The molecule has 0 aromatic rings. The molecule has 0 aromatic carbocycles. The molecule has 474 valence electrons. The first-order valence-corrected chi connectivity index (χ1v) is 36.6. The van der Waals surface area contributed by atoms with Crippen molar-refractivity contribution in [1.29, 1.82) is 0 Å². The highest BCUT2D eigenvalue weighted by molar-refractivity contribution is 5.76. The molecule has 0 aliphatic rings. The zero-order chi connectivity index (χ0) is 57.8. The van der Waals surface area contributed by atoms with Gasteiger partial charge in [-0.15, -0.1) is 0 Å². The molecule has 2 atom stereocenters. The van der Waals surface area contributed by atoms with Gasteiger partial charge in [0.05, 0.1) is 25.4 Å². The minimum atomic E-state index is -0.844. The van der Waals surface area contributed by atoms with Crippen molar-refractivity contribution >= 4 is 11.9 Å². The summed E-state index contributed by atoms with van der Waals surface area (Å²) < 4.78 is 5.50. The molecule has 0 heterocycles. The van der Waals surface area contributed by atoms with Gasteiger partial charge in [-0.3, -0.25) is 9.59 Å². The maximum absolute atomic E-state index is 12.5. The van der Waals surface area contributed by atoms with E-state index in [2.05, 4.69) is 31.3 Å². The van der Waals surface area contributed by atoms with Crippen molar-refractivity contribution < 1.29 is 24.5 Å². The molecule has 2 unspecified atom stereocenters. The molecule has 6 heteroatoms. The summed E-state index contributed by atoms with van der Waals surface area (Å²) in [5, 5.41) is 23.2. The smallest absolute Gasteiger partial charge is 0.305 e. The van der Waals surface area contributed by atoms with Crippen LogP contribution in [0.1, 0.15) is 412 Å². The van der Waals surface area contributed by atoms with Crippen LogP contribution in [-0.4, -0.2) is 47.4 Å². The van der Waals surface area contributed by atoms with Crippen LogP contribution in [0.3, 0.4) is 0 Å². The minimum absolute atomic E-state index is 0.0199. The molecule has 80 heavy (non-hydrogen) atoms. The lowest BCUT2D eigenvalue weighted by atomic mass is 10.0. The number of carbonyl (C=O) groups excluding carboxylic acids is 2. The van der Waals surface area contributed by atoms with Gasteiger partial charge in [0, 0.05) is 12.8 Å². The van der Waals surface area contributed by atoms with Crippen LogP contribution >= 0.6 is 0 Å². The van der Waals surface area contributed by atoms with Crippen molar-refractivity contribution in [3.8, 4) is 0 Å². The Kier molecular flexibility index (Phi) is 68.4. The highest BCUT2D eigenvalue weighted by Crippen LogP contribution is 2.19. The van der Waals surface area contributed by atoms with Crippen molar-refractivity contribution in [3.63, 3.8) is 0 Å². The number of rotatable bonds is 69. The van der Waals surface area contributed by atoms with Gasteiger partial charge in [0.25, 0.3) is 0 Å². The average Bonchev–Trinajstić information content (AvgIpc) is 3.46. The fourth-order valence-corrected chi connectivity index (χ4v) is 11.6. The Bertz CT molecular complexity index is 1250. The van der Waals surface area contributed by atoms with Crippen molar-refractivity contribution in [2.24, 2.45) is 0 Å². The number of aliphatic hydroxyl groups excluding tert-OH is 2. The van der Waals surface area contributed by atoms with Crippen LogP contribution in [0.4, 0.5) is 0 Å². The first-order chi connectivity index (χ1) is 39.5. The first-order valence-electron chi connectivity index (χ1n) is 36.6. The van der Waals surface area contributed by atoms with Crippen LogP contribution in [0, 0.1) is 0 Å². The molecule has 0 fully saturated rings. The van der Waals surface area contributed by atoms with Crippen LogP contribution in [0.15, 0.2) is 24.3 Å². The second-order valence-corrected chi connectivity index (χ2v) is 25.3. The molecule has 6 nitrogen and oxygen atoms in total. The molecule has 0 saturated carbocycles. The summed E-state index contributed by atoms with van der Waals surface area (Å²) >= 11 is 0. The van der Waals surface area contributed by atoms with Gasteiger partial charge in [-0.2, -0.15) is 0 Å². The number of amides is 1. The van der Waals surface area contributed by atoms with E-state index in [4.69, 9.17) is 4.74 Å². The van der Waals surface area contributed by atoms with Gasteiger partial charge >= 0.3 is 5.97 Å². The van der Waals surface area contributed by atoms with Gasteiger partial charge in [0.15, 0.2) is 0 Å². The van der Waals surface area contributed by atoms with Gasteiger partial charge < -0.3 is 20.3 Å². The minimum Gasteiger partial charge on any atom is -0.466 e. The van der Waals surface area contributed by atoms with E-state index in [9.17, 15) is 19.8 Å². The third-order valence-electron chi connectivity index (χ3n) is 17.2. The zero-order valence-corrected chi connectivity index (χ0v) is 54.3. The van der Waals surface area contributed by atoms with E-state index in [1.165, 1.54) is 347 Å². The number of carbonyl (C=O) groups is 2. The molecular weight excluding hydrogens is 983 g/mol. The Balaban J connectivity index is 3.38. The van der Waals surface area contributed by atoms with E-state index in [-0.39, 0.29) is 18.5 Å². The lowest BCUT2D eigenvalue weighted by Gasteiger charge is -2.20. The maximum atomic E-state index is 12.5. The monoisotopic (exact) mass is 1130 g/mol. The predicted molar refractivity (Wildman–Crippen MR) is 352 cm³/mol. The van der Waals surface area contributed by atoms with Gasteiger partial charge in [-0.25, -0.2) is 0 Å². The van der Waals surface area contributed by atoms with Crippen LogP contribution in [0.5, 0.6) is 0 Å². The maximum Gasteiger partial charge on any atom is 0.305 e. The Morgan fingerprint density at radius 2 is 0.588 bits per heavy atom. The van der Waals surface area contributed by atoms with Crippen LogP contribution < -0.4 is 5.32 Å². The summed E-state index contributed by atoms with van der Waals surface area (Å²) in [6.07, 6.45) is 88.4. The third-order valence-corrected chi connectivity index (χ3v) is 17.2. The molecule has 0 spiro atoms. The molecule has 0 saturated heterocycles. The molecule has 0 radical (unpaired) electrons. The van der Waals surface area contributed by atoms with Gasteiger partial charge in [0.1, 0.15) is 0 Å². The van der Waals surface area contributed by atoms with Crippen molar-refractivity contribution in [1.82, 2.24) is 5.32 Å². The number of hydrogen-bond acceptors (Lipinski definition) is 5. The van der Waals surface area contributed by atoms with Crippen LogP contribution in [-0.2, 0) is 14.3 Å². The second kappa shape index (κ2) is 69.8. The van der Waals surface area contributed by atoms with Gasteiger partial charge in [-0.1, -0.05) is 366 Å². The summed E-state index contributed by atoms with van der Waals surface area (Å²) in [6, 6.07) is -0.628. The standard InChI is InChI=1S/C74H143NO5/c1-3-5-7-9-11-13-15-17-19-20-32-35-39-42-46-50-54-58-62-66-72(77)71(70-76)75-73(78)67-63-59-55-51-47-43-40-36-33-30-28-26-24-22-21-23-25-27-29-31-34-37-41-45-49-53-57-61-65-69-80-74(79)68-64-60-56-52-48-44-38-18-16-14-12-10-8-6-4-2/h21,23,62,66,71-72,76-77H,3-20,22,24-61,63-65,67-70H2,1-2H3,(H,75,78)/b23-21-,66-62+. The number of allylic oxidation sites excluding steroid dienone is 3. The second-order valence-electron chi connectivity index (χ2n) is 25.3. The Labute approximate surface area is 501 Å². The zero-order valence-electron chi connectivity index (χ0n) is 54.3. The van der Waals surface area contributed by atoms with Gasteiger partial charge in [-0.05, 0) is 57.8 Å². The summed E-state index contributed by atoms with van der Waals surface area (Å²) in [4.78, 5) is 24.6. The van der Waals surface area contributed by atoms with E-state index in [0.717, 1.165) is 38.5 Å². The Morgan fingerprint density at radius 3 is 0.887 bits per heavy atom. The average molecular weight is 1130 g/mol. The third kappa shape index (κ3) is 65.5. The fraction of sp³-hybridized carbons (Fsp3) is 0.919. The number of hydrogen-bond donors (Lipinski definition) is 3. The molecule has 0 aromatic heterocycles. The lowest BCUT2D eigenvalue weighted by molar-refractivity contribution is -0.143. The van der Waals surface area contributed by atoms with Crippen molar-refractivity contribution in [2.45, 2.75) is 424 Å². The van der Waals surface area contributed by atoms with Crippen molar-refractivity contribution in [3.05, 3.63) is 24.3 Å². The van der Waals surface area contributed by atoms with Gasteiger partial charge in [0.2, 0.25) is 5.91 Å². The van der Waals surface area contributed by atoms with Crippen molar-refractivity contribution in [2.75, 3.05) is 13.2 Å². The largest absolute Gasteiger partial charge is 0.466 e. The number of esters is 1. The fourth-order valence-electron chi connectivity index (χ4n) is 11.6. The summed E-state index contributed by atoms with van der Waals surface area (Å²) in [6.45, 7) is 4.95. The normalized spacial score (nSPS) is 12.6. The quantitative estimate of drug-likeness (QED) is 0.0320. The Hall–Kier alpha value is -1.66. The van der Waals surface area contributed by atoms with E-state index in [1.54, 1.807) is 6.08 Å². The molecule has 0 bridgehead atoms. The Morgan fingerprint density at radius 1 is 0.338 bits per heavy atom. The number of nitrogens with one attached hydrogen (secondary N) is 1. The first kappa shape index (κ1) is 78.3. The summed E-state index contributed by atoms with van der Waals surface area (Å²) in [7, 11) is 0. The molecule has 0 aliphatic heterocycles. The number of aliphatic hydroxyl groups is 2. The molecule has 0 rings (SSSR count). The van der Waals surface area contributed by atoms with E-state index in [1.807, 2.05) is 6.08 Å². The van der Waals surface area contributed by atoms with Crippen LogP contribution in [0.25, 0.3) is 0 Å².